The normalized spacial score (nSPS) is 12.3. The van der Waals surface area contributed by atoms with Gasteiger partial charge in [-0.2, -0.15) is 0 Å². The Labute approximate surface area is 73.5 Å². The molecule has 0 saturated carbocycles. The highest BCUT2D eigenvalue weighted by molar-refractivity contribution is 7.80. The van der Waals surface area contributed by atoms with Gasteiger partial charge in [0.05, 0.1) is 6.10 Å². The van der Waals surface area contributed by atoms with E-state index in [-0.39, 0.29) is 6.10 Å². The lowest BCUT2D eigenvalue weighted by Crippen LogP contribution is -2.39. The molecule has 66 valence electrons. The van der Waals surface area contributed by atoms with Gasteiger partial charge in [-0.25, -0.2) is 0 Å². The van der Waals surface area contributed by atoms with Crippen molar-refractivity contribution in [2.45, 2.75) is 20.0 Å². The topological polar surface area (TPSA) is 33.3 Å². The molecule has 3 nitrogen and oxygen atoms in total. The van der Waals surface area contributed by atoms with Crippen molar-refractivity contribution < 1.29 is 4.74 Å². The second-order valence-electron chi connectivity index (χ2n) is 2.29. The van der Waals surface area contributed by atoms with E-state index >= 15 is 0 Å². The molecule has 0 aromatic heterocycles. The molecule has 1 unspecified atom stereocenters. The van der Waals surface area contributed by atoms with Crippen LogP contribution in [0.5, 0.6) is 0 Å². The van der Waals surface area contributed by atoms with Gasteiger partial charge < -0.3 is 15.4 Å². The molecule has 0 rings (SSSR count). The lowest BCUT2D eigenvalue weighted by Gasteiger charge is -2.12. The fourth-order valence-corrected chi connectivity index (χ4v) is 0.770. The number of hydrogen-bond donors (Lipinski definition) is 2. The van der Waals surface area contributed by atoms with Crippen molar-refractivity contribution in [1.82, 2.24) is 10.6 Å². The summed E-state index contributed by atoms with van der Waals surface area (Å²) in [5.41, 5.74) is 0. The van der Waals surface area contributed by atoms with Gasteiger partial charge in [0, 0.05) is 20.2 Å². The van der Waals surface area contributed by atoms with Gasteiger partial charge in [-0.05, 0) is 26.1 Å². The summed E-state index contributed by atoms with van der Waals surface area (Å²) >= 11 is 4.94. The van der Waals surface area contributed by atoms with E-state index in [1.807, 2.05) is 13.8 Å². The van der Waals surface area contributed by atoms with Crippen LogP contribution >= 0.6 is 12.2 Å². The third-order valence-corrected chi connectivity index (χ3v) is 1.58. The largest absolute Gasteiger partial charge is 0.380 e. The molecular formula is C7H16N2OS. The van der Waals surface area contributed by atoms with Crippen molar-refractivity contribution in [2.75, 3.05) is 20.2 Å². The van der Waals surface area contributed by atoms with Gasteiger partial charge in [0.15, 0.2) is 5.11 Å². The summed E-state index contributed by atoms with van der Waals surface area (Å²) < 4.78 is 5.03. The quantitative estimate of drug-likeness (QED) is 0.611. The first-order valence-electron chi connectivity index (χ1n) is 3.75. The van der Waals surface area contributed by atoms with Crippen LogP contribution < -0.4 is 10.6 Å². The van der Waals surface area contributed by atoms with Crippen LogP contribution in [0.1, 0.15) is 13.8 Å². The summed E-state index contributed by atoms with van der Waals surface area (Å²) in [5.74, 6) is 0. The van der Waals surface area contributed by atoms with Crippen LogP contribution in [0.2, 0.25) is 0 Å². The monoisotopic (exact) mass is 176 g/mol. The van der Waals surface area contributed by atoms with E-state index in [2.05, 4.69) is 10.6 Å². The van der Waals surface area contributed by atoms with Crippen LogP contribution in [0, 0.1) is 0 Å². The van der Waals surface area contributed by atoms with Gasteiger partial charge in [-0.3, -0.25) is 0 Å². The molecule has 0 amide bonds. The molecule has 0 fully saturated rings. The van der Waals surface area contributed by atoms with Crippen molar-refractivity contribution in [1.29, 1.82) is 0 Å². The Kier molecular flexibility index (Phi) is 6.16. The number of hydrogen-bond acceptors (Lipinski definition) is 2. The minimum atomic E-state index is 0.201. The number of thiocarbonyl (C=S) groups is 1. The first kappa shape index (κ1) is 10.7. The molecule has 0 aliphatic rings. The second kappa shape index (κ2) is 6.37. The Morgan fingerprint density at radius 3 is 2.64 bits per heavy atom. The van der Waals surface area contributed by atoms with E-state index in [1.165, 1.54) is 0 Å². The van der Waals surface area contributed by atoms with E-state index in [9.17, 15) is 0 Å². The molecule has 0 spiro atoms. The smallest absolute Gasteiger partial charge is 0.166 e. The van der Waals surface area contributed by atoms with Gasteiger partial charge in [0.1, 0.15) is 0 Å². The maximum absolute atomic E-state index is 5.03. The van der Waals surface area contributed by atoms with Gasteiger partial charge >= 0.3 is 0 Å². The standard InChI is InChI=1S/C7H16N2OS/c1-4-8-7(11)9-5-6(2)10-3/h6H,4-5H2,1-3H3,(H2,8,9,11). The summed E-state index contributed by atoms with van der Waals surface area (Å²) in [6, 6.07) is 0. The lowest BCUT2D eigenvalue weighted by molar-refractivity contribution is 0.121. The van der Waals surface area contributed by atoms with Gasteiger partial charge in [0.25, 0.3) is 0 Å². The van der Waals surface area contributed by atoms with Crippen molar-refractivity contribution in [3.8, 4) is 0 Å². The second-order valence-corrected chi connectivity index (χ2v) is 2.69. The number of nitrogens with one attached hydrogen (secondary N) is 2. The first-order valence-corrected chi connectivity index (χ1v) is 4.16. The van der Waals surface area contributed by atoms with Crippen molar-refractivity contribution in [3.63, 3.8) is 0 Å². The molecule has 0 saturated heterocycles. The molecule has 0 aromatic rings. The Morgan fingerprint density at radius 1 is 1.55 bits per heavy atom. The molecule has 0 heterocycles. The van der Waals surface area contributed by atoms with Crippen LogP contribution in [-0.4, -0.2) is 31.4 Å². The van der Waals surface area contributed by atoms with Crippen LogP contribution in [-0.2, 0) is 4.74 Å². The summed E-state index contributed by atoms with van der Waals surface area (Å²) in [7, 11) is 1.68. The van der Waals surface area contributed by atoms with E-state index in [0.29, 0.717) is 5.11 Å². The molecular weight excluding hydrogens is 160 g/mol. The summed E-state index contributed by atoms with van der Waals surface area (Å²) in [6.45, 7) is 5.60. The van der Waals surface area contributed by atoms with Crippen molar-refractivity contribution in [2.24, 2.45) is 0 Å². The summed E-state index contributed by atoms with van der Waals surface area (Å²) in [6.07, 6.45) is 0.201. The Balaban J connectivity index is 3.30. The Hall–Kier alpha value is -0.350. The lowest BCUT2D eigenvalue weighted by atomic mass is 10.4. The predicted molar refractivity (Wildman–Crippen MR) is 50.7 cm³/mol. The number of ether oxygens (including phenoxy) is 1. The van der Waals surface area contributed by atoms with Crippen LogP contribution in [0.15, 0.2) is 0 Å². The zero-order valence-electron chi connectivity index (χ0n) is 7.31. The minimum absolute atomic E-state index is 0.201. The summed E-state index contributed by atoms with van der Waals surface area (Å²) in [4.78, 5) is 0. The maximum atomic E-state index is 5.03. The molecule has 0 aromatic carbocycles. The van der Waals surface area contributed by atoms with Crippen LogP contribution in [0.3, 0.4) is 0 Å². The molecule has 0 aliphatic heterocycles. The minimum Gasteiger partial charge on any atom is -0.380 e. The Bertz CT molecular complexity index is 119. The highest BCUT2D eigenvalue weighted by Gasteiger charge is 1.98. The third kappa shape index (κ3) is 6.06. The average molecular weight is 176 g/mol. The Morgan fingerprint density at radius 2 is 2.18 bits per heavy atom. The maximum Gasteiger partial charge on any atom is 0.166 e. The summed E-state index contributed by atoms with van der Waals surface area (Å²) in [5, 5.41) is 6.71. The van der Waals surface area contributed by atoms with Crippen LogP contribution in [0.25, 0.3) is 0 Å². The molecule has 1 atom stereocenters. The molecule has 2 N–H and O–H groups in total. The van der Waals surface area contributed by atoms with Crippen molar-refractivity contribution >= 4 is 17.3 Å². The third-order valence-electron chi connectivity index (χ3n) is 1.29. The van der Waals surface area contributed by atoms with Gasteiger partial charge in [-0.15, -0.1) is 0 Å². The SMILES string of the molecule is CCNC(=S)NCC(C)OC. The number of rotatable bonds is 4. The highest BCUT2D eigenvalue weighted by Crippen LogP contribution is 1.82. The first-order chi connectivity index (χ1) is 5.20. The molecule has 11 heavy (non-hydrogen) atoms. The predicted octanol–water partition coefficient (Wildman–Crippen LogP) is 0.505. The fourth-order valence-electron chi connectivity index (χ4n) is 0.543. The molecule has 0 bridgehead atoms. The fraction of sp³-hybridized carbons (Fsp3) is 0.857. The number of methoxy groups -OCH3 is 1. The van der Waals surface area contributed by atoms with Gasteiger partial charge in [-0.1, -0.05) is 0 Å². The van der Waals surface area contributed by atoms with E-state index < -0.39 is 0 Å². The van der Waals surface area contributed by atoms with E-state index in [1.54, 1.807) is 7.11 Å². The molecule has 0 aliphatic carbocycles. The zero-order chi connectivity index (χ0) is 8.69. The molecule has 4 heteroatoms. The van der Waals surface area contributed by atoms with E-state index in [4.69, 9.17) is 17.0 Å². The van der Waals surface area contributed by atoms with Gasteiger partial charge in [0.2, 0.25) is 0 Å². The highest BCUT2D eigenvalue weighted by atomic mass is 32.1. The zero-order valence-corrected chi connectivity index (χ0v) is 8.12. The molecule has 0 radical (unpaired) electrons. The average Bonchev–Trinajstić information content (AvgIpc) is 2.01. The van der Waals surface area contributed by atoms with Crippen molar-refractivity contribution in [3.05, 3.63) is 0 Å². The van der Waals surface area contributed by atoms with Crippen LogP contribution in [0.4, 0.5) is 0 Å². The van der Waals surface area contributed by atoms with E-state index in [0.717, 1.165) is 13.1 Å².